The van der Waals surface area contributed by atoms with Crippen molar-refractivity contribution >= 4 is 40.8 Å². The average Bonchev–Trinajstić information content (AvgIpc) is 3.12. The van der Waals surface area contributed by atoms with E-state index in [0.29, 0.717) is 18.5 Å². The molecule has 4 saturated heterocycles. The molecule has 0 saturated carbocycles. The number of piperidine rings is 4. The van der Waals surface area contributed by atoms with Gasteiger partial charge in [-0.05, 0) is 98.7 Å². The zero-order valence-corrected chi connectivity index (χ0v) is 30.4. The predicted molar refractivity (Wildman–Crippen MR) is 196 cm³/mol. The van der Waals surface area contributed by atoms with E-state index in [1.54, 1.807) is 13.2 Å². The third kappa shape index (κ3) is 7.39. The van der Waals surface area contributed by atoms with Crippen molar-refractivity contribution < 1.29 is 14.4 Å². The number of likely N-dealkylation sites (N-methyl/N-ethyl adjacent to an activating group) is 1. The van der Waals surface area contributed by atoms with E-state index in [4.69, 9.17) is 16.6 Å². The number of rotatable bonds is 6. The Morgan fingerprint density at radius 1 is 0.980 bits per heavy atom. The van der Waals surface area contributed by atoms with Crippen LogP contribution < -0.4 is 21.1 Å². The second kappa shape index (κ2) is 14.4. The molecular formula is C38H47ClN8O4. The molecule has 4 aliphatic rings. The minimum Gasteiger partial charge on any atom is -0.378 e. The molecule has 270 valence electrons. The van der Waals surface area contributed by atoms with E-state index < -0.39 is 0 Å². The highest BCUT2D eigenvalue weighted by Gasteiger charge is 2.39. The van der Waals surface area contributed by atoms with Crippen molar-refractivity contribution in [3.8, 4) is 0 Å². The molecule has 0 radical (unpaired) electrons. The third-order valence-electron chi connectivity index (χ3n) is 11.7. The number of imide groups is 1. The molecule has 3 atom stereocenters. The van der Waals surface area contributed by atoms with Crippen molar-refractivity contribution in [1.82, 2.24) is 29.9 Å². The lowest BCUT2D eigenvalue weighted by Gasteiger charge is -2.47. The van der Waals surface area contributed by atoms with Crippen molar-refractivity contribution in [3.63, 3.8) is 0 Å². The van der Waals surface area contributed by atoms with Crippen LogP contribution in [0, 0.1) is 12.3 Å². The van der Waals surface area contributed by atoms with Crippen LogP contribution in [0.1, 0.15) is 83.8 Å². The molecule has 4 fully saturated rings. The maximum Gasteiger partial charge on any atom is 0.287 e. The highest BCUT2D eigenvalue weighted by Crippen LogP contribution is 2.42. The van der Waals surface area contributed by atoms with Crippen molar-refractivity contribution in [2.45, 2.75) is 69.7 Å². The molecule has 12 nitrogen and oxygen atoms in total. The molecular weight excluding hydrogens is 668 g/mol. The van der Waals surface area contributed by atoms with Crippen LogP contribution in [0.5, 0.6) is 0 Å². The number of hydrogen-bond donors (Lipinski definition) is 2. The van der Waals surface area contributed by atoms with Gasteiger partial charge in [0.2, 0.25) is 11.8 Å². The zero-order valence-electron chi connectivity index (χ0n) is 29.7. The minimum atomic E-state index is -0.326. The summed E-state index contributed by atoms with van der Waals surface area (Å²) in [5.74, 6) is 0.537. The number of likely N-dealkylation sites (tertiary alicyclic amines) is 2. The fourth-order valence-electron chi connectivity index (χ4n) is 8.55. The summed E-state index contributed by atoms with van der Waals surface area (Å²) in [7, 11) is 3.68. The van der Waals surface area contributed by atoms with E-state index in [1.165, 1.54) is 10.2 Å². The molecule has 4 aliphatic heterocycles. The first kappa shape index (κ1) is 35.1. The summed E-state index contributed by atoms with van der Waals surface area (Å²) >= 11 is 6.32. The van der Waals surface area contributed by atoms with Gasteiger partial charge in [-0.3, -0.25) is 24.5 Å². The Labute approximate surface area is 303 Å². The van der Waals surface area contributed by atoms with Crippen molar-refractivity contribution in [3.05, 3.63) is 80.4 Å². The first-order valence-electron chi connectivity index (χ1n) is 18.1. The fourth-order valence-corrected chi connectivity index (χ4v) is 8.78. The standard InChI is InChI=1S/C38H47ClN8O4/c1-24-18-32(40-20-30(24)29-8-9-33(48)43-35(29)49)46-14-10-38(11-15-46)12-16-47(17-13-38)36(50)26-6-4-25(5-7-26)27-19-28(23-44(2)22-27)42-31-21-41-45(3)37(51)34(31)39/h4-7,18,20-21,27-29,42H,8-17,19,22-23H2,1-3H3,(H,43,48,49). The molecule has 13 heteroatoms. The molecule has 2 N–H and O–H groups in total. The SMILES string of the molecule is Cc1cc(N2CCC3(CCN(C(=O)c4ccc(C5CC(Nc6cnn(C)c(=O)c6Cl)CN(C)C5)cc4)CC3)CC2)ncc1C1CCC(=O)NC1=O. The number of halogens is 1. The average molecular weight is 715 g/mol. The predicted octanol–water partition coefficient (Wildman–Crippen LogP) is 4.08. The first-order chi connectivity index (χ1) is 24.5. The topological polar surface area (TPSA) is 133 Å². The quantitative estimate of drug-likeness (QED) is 0.363. The summed E-state index contributed by atoms with van der Waals surface area (Å²) in [6, 6.07) is 10.3. The van der Waals surface area contributed by atoms with Gasteiger partial charge in [-0.2, -0.15) is 5.10 Å². The van der Waals surface area contributed by atoms with E-state index in [1.807, 2.05) is 30.2 Å². The zero-order chi connectivity index (χ0) is 35.9. The monoisotopic (exact) mass is 714 g/mol. The number of nitrogens with zero attached hydrogens (tertiary/aromatic N) is 6. The second-order valence-corrected chi connectivity index (χ2v) is 15.5. The number of nitrogens with one attached hydrogen (secondary N) is 2. The van der Waals surface area contributed by atoms with Gasteiger partial charge in [-0.15, -0.1) is 0 Å². The fraction of sp³-hybridized carbons (Fsp3) is 0.526. The van der Waals surface area contributed by atoms with Crippen LogP contribution >= 0.6 is 11.6 Å². The Balaban J connectivity index is 0.911. The van der Waals surface area contributed by atoms with Crippen molar-refractivity contribution in [2.75, 3.05) is 56.5 Å². The van der Waals surface area contributed by atoms with Gasteiger partial charge in [0, 0.05) is 70.5 Å². The first-order valence-corrected chi connectivity index (χ1v) is 18.5. The Bertz CT molecular complexity index is 1860. The van der Waals surface area contributed by atoms with Crippen LogP contribution in [-0.4, -0.2) is 94.6 Å². The molecule has 7 rings (SSSR count). The van der Waals surface area contributed by atoms with E-state index in [9.17, 15) is 19.2 Å². The Morgan fingerprint density at radius 3 is 2.37 bits per heavy atom. The lowest BCUT2D eigenvalue weighted by molar-refractivity contribution is -0.134. The Hall–Kier alpha value is -4.29. The molecule has 3 unspecified atom stereocenters. The smallest absolute Gasteiger partial charge is 0.287 e. The van der Waals surface area contributed by atoms with Gasteiger partial charge in [0.1, 0.15) is 10.8 Å². The molecule has 51 heavy (non-hydrogen) atoms. The van der Waals surface area contributed by atoms with Crippen LogP contribution in [0.2, 0.25) is 5.02 Å². The summed E-state index contributed by atoms with van der Waals surface area (Å²) in [5, 5.41) is 10.2. The normalized spacial score (nSPS) is 24.0. The van der Waals surface area contributed by atoms with E-state index in [0.717, 1.165) is 93.9 Å². The Morgan fingerprint density at radius 2 is 1.69 bits per heavy atom. The lowest BCUT2D eigenvalue weighted by Crippen LogP contribution is -2.48. The molecule has 0 bridgehead atoms. The second-order valence-electron chi connectivity index (χ2n) is 15.1. The van der Waals surface area contributed by atoms with Crippen molar-refractivity contribution in [1.29, 1.82) is 0 Å². The number of anilines is 2. The molecule has 1 aromatic carbocycles. The molecule has 1 spiro atoms. The van der Waals surface area contributed by atoms with E-state index in [2.05, 4.69) is 50.8 Å². The van der Waals surface area contributed by atoms with E-state index >= 15 is 0 Å². The van der Waals surface area contributed by atoms with Gasteiger partial charge in [-0.1, -0.05) is 23.7 Å². The molecule has 0 aliphatic carbocycles. The van der Waals surface area contributed by atoms with Crippen LogP contribution in [0.15, 0.2) is 47.5 Å². The maximum absolute atomic E-state index is 13.6. The minimum absolute atomic E-state index is 0.0951. The molecule has 6 heterocycles. The van der Waals surface area contributed by atoms with Gasteiger partial charge >= 0.3 is 0 Å². The maximum atomic E-state index is 13.6. The number of carbonyl (C=O) groups excluding carboxylic acids is 3. The summed E-state index contributed by atoms with van der Waals surface area (Å²) < 4.78 is 1.23. The van der Waals surface area contributed by atoms with Crippen LogP contribution in [0.4, 0.5) is 11.5 Å². The number of aryl methyl sites for hydroxylation is 2. The highest BCUT2D eigenvalue weighted by molar-refractivity contribution is 6.32. The largest absolute Gasteiger partial charge is 0.378 e. The van der Waals surface area contributed by atoms with E-state index in [-0.39, 0.29) is 51.6 Å². The van der Waals surface area contributed by atoms with Crippen LogP contribution in [0.25, 0.3) is 0 Å². The number of aromatic nitrogens is 3. The van der Waals surface area contributed by atoms with Gasteiger partial charge in [0.15, 0.2) is 0 Å². The van der Waals surface area contributed by atoms with Gasteiger partial charge < -0.3 is 20.0 Å². The lowest BCUT2D eigenvalue weighted by atomic mass is 9.71. The summed E-state index contributed by atoms with van der Waals surface area (Å²) in [6.07, 6.45) is 9.31. The highest BCUT2D eigenvalue weighted by atomic mass is 35.5. The number of hydrogen-bond acceptors (Lipinski definition) is 9. The van der Waals surface area contributed by atoms with Crippen LogP contribution in [-0.2, 0) is 16.6 Å². The summed E-state index contributed by atoms with van der Waals surface area (Å²) in [5.41, 5.74) is 4.32. The molecule has 2 aromatic heterocycles. The molecule has 3 aromatic rings. The van der Waals surface area contributed by atoms with Gasteiger partial charge in [-0.25, -0.2) is 9.67 Å². The molecule has 3 amide bonds. The summed E-state index contributed by atoms with van der Waals surface area (Å²) in [4.78, 5) is 61.2. The van der Waals surface area contributed by atoms with Crippen molar-refractivity contribution in [2.24, 2.45) is 12.5 Å². The number of carbonyl (C=O) groups is 3. The van der Waals surface area contributed by atoms with Gasteiger partial charge in [0.05, 0.1) is 17.8 Å². The number of amides is 3. The van der Waals surface area contributed by atoms with Crippen LogP contribution in [0.3, 0.4) is 0 Å². The Kier molecular flexibility index (Phi) is 9.91. The summed E-state index contributed by atoms with van der Waals surface area (Å²) in [6.45, 7) is 7.11. The van der Waals surface area contributed by atoms with Gasteiger partial charge in [0.25, 0.3) is 11.5 Å². The number of benzene rings is 1. The number of pyridine rings is 1. The third-order valence-corrected chi connectivity index (χ3v) is 12.1.